The predicted octanol–water partition coefficient (Wildman–Crippen LogP) is 4.24. The van der Waals surface area contributed by atoms with E-state index in [0.717, 1.165) is 10.6 Å². The molecule has 3 heteroatoms. The number of aromatic amines is 1. The van der Waals surface area contributed by atoms with Gasteiger partial charge in [0.15, 0.2) is 0 Å². The van der Waals surface area contributed by atoms with E-state index in [-0.39, 0.29) is 0 Å². The summed E-state index contributed by atoms with van der Waals surface area (Å²) in [5.41, 5.74) is 2.67. The minimum Gasteiger partial charge on any atom is -0.350 e. The number of piperidine rings is 1. The second-order valence-corrected chi connectivity index (χ2v) is 6.24. The van der Waals surface area contributed by atoms with E-state index in [0.29, 0.717) is 6.04 Å². The molecule has 1 aromatic rings. The average Bonchev–Trinajstić information content (AvgIpc) is 2.30. The molecule has 0 saturated carbocycles. The molecule has 1 aliphatic heterocycles. The van der Waals surface area contributed by atoms with Gasteiger partial charge in [0.1, 0.15) is 4.64 Å². The molecule has 0 bridgehead atoms. The molecule has 0 spiro atoms. The molecule has 0 unspecified atom stereocenters. The summed E-state index contributed by atoms with van der Waals surface area (Å²) in [4.78, 5) is 5.94. The Morgan fingerprint density at radius 1 is 1.39 bits per heavy atom. The van der Waals surface area contributed by atoms with Crippen LogP contribution < -0.4 is 0 Å². The third-order valence-electron chi connectivity index (χ3n) is 3.73. The highest BCUT2D eigenvalue weighted by Crippen LogP contribution is 2.32. The first-order valence-corrected chi connectivity index (χ1v) is 7.42. The number of nitrogens with one attached hydrogen (secondary N) is 1. The zero-order chi connectivity index (χ0) is 13.1. The van der Waals surface area contributed by atoms with Crippen molar-refractivity contribution in [3.8, 4) is 0 Å². The van der Waals surface area contributed by atoms with Gasteiger partial charge in [0.2, 0.25) is 0 Å². The summed E-state index contributed by atoms with van der Waals surface area (Å²) in [6, 6.07) is 4.82. The van der Waals surface area contributed by atoms with Crippen molar-refractivity contribution in [1.82, 2.24) is 9.88 Å². The second-order valence-electron chi connectivity index (χ2n) is 5.80. The van der Waals surface area contributed by atoms with Gasteiger partial charge in [0.05, 0.1) is 0 Å². The number of rotatable bonds is 3. The maximum Gasteiger partial charge on any atom is 0.103 e. The number of nitrogens with zero attached hydrogens (tertiary/aromatic N) is 1. The Balaban J connectivity index is 2.24. The van der Waals surface area contributed by atoms with E-state index in [2.05, 4.69) is 36.7 Å². The highest BCUT2D eigenvalue weighted by atomic mass is 32.1. The van der Waals surface area contributed by atoms with E-state index >= 15 is 0 Å². The minimum atomic E-state index is 0.577. The summed E-state index contributed by atoms with van der Waals surface area (Å²) >= 11 is 5.19. The zero-order valence-electron chi connectivity index (χ0n) is 11.7. The second kappa shape index (κ2) is 5.98. The van der Waals surface area contributed by atoms with Crippen molar-refractivity contribution in [3.63, 3.8) is 0 Å². The molecule has 2 rings (SSSR count). The Hall–Kier alpha value is -0.670. The van der Waals surface area contributed by atoms with Crippen LogP contribution in [0.2, 0.25) is 0 Å². The lowest BCUT2D eigenvalue weighted by atomic mass is 9.93. The summed E-state index contributed by atoms with van der Waals surface area (Å²) in [6.07, 6.45) is 3.96. The van der Waals surface area contributed by atoms with Crippen LogP contribution in [0.4, 0.5) is 0 Å². The van der Waals surface area contributed by atoms with Gasteiger partial charge in [0, 0.05) is 18.3 Å². The van der Waals surface area contributed by atoms with Gasteiger partial charge >= 0.3 is 0 Å². The molecule has 0 amide bonds. The number of aromatic nitrogens is 1. The average molecular weight is 264 g/mol. The molecule has 18 heavy (non-hydrogen) atoms. The van der Waals surface area contributed by atoms with Crippen molar-refractivity contribution in [2.45, 2.75) is 46.1 Å². The number of pyridine rings is 1. The summed E-state index contributed by atoms with van der Waals surface area (Å²) < 4.78 is 0.836. The Bertz CT molecular complexity index is 450. The fraction of sp³-hybridized carbons (Fsp3) is 0.667. The molecule has 0 radical (unpaired) electrons. The summed E-state index contributed by atoms with van der Waals surface area (Å²) in [6.45, 7) is 9.18. The van der Waals surface area contributed by atoms with Gasteiger partial charge < -0.3 is 4.98 Å². The third kappa shape index (κ3) is 3.21. The number of likely N-dealkylation sites (tertiary alicyclic amines) is 1. The van der Waals surface area contributed by atoms with Crippen LogP contribution in [0.1, 0.15) is 50.4 Å². The van der Waals surface area contributed by atoms with Crippen molar-refractivity contribution >= 4 is 12.2 Å². The lowest BCUT2D eigenvalue weighted by Gasteiger charge is -2.37. The molecule has 1 aromatic heterocycles. The monoisotopic (exact) mass is 264 g/mol. The molecule has 1 saturated heterocycles. The van der Waals surface area contributed by atoms with E-state index in [9.17, 15) is 0 Å². The fourth-order valence-electron chi connectivity index (χ4n) is 2.98. The van der Waals surface area contributed by atoms with E-state index in [1.807, 2.05) is 6.07 Å². The Labute approximate surface area is 115 Å². The highest BCUT2D eigenvalue weighted by Gasteiger charge is 2.25. The van der Waals surface area contributed by atoms with Crippen molar-refractivity contribution in [2.24, 2.45) is 5.92 Å². The van der Waals surface area contributed by atoms with E-state index in [1.165, 1.54) is 43.6 Å². The summed E-state index contributed by atoms with van der Waals surface area (Å²) in [7, 11) is 0. The van der Waals surface area contributed by atoms with Gasteiger partial charge in [-0.15, -0.1) is 0 Å². The standard InChI is InChI=1S/C15H24N2S/c1-11(2)10-17-9-5-4-6-14(17)13-7-8-15(18)16-12(13)3/h7-8,11,14H,4-6,9-10H2,1-3H3,(H,16,18)/t14-/m0/s1. The molecule has 0 aromatic carbocycles. The Morgan fingerprint density at radius 2 is 2.17 bits per heavy atom. The zero-order valence-corrected chi connectivity index (χ0v) is 12.5. The smallest absolute Gasteiger partial charge is 0.103 e. The quantitative estimate of drug-likeness (QED) is 0.824. The normalized spacial score (nSPS) is 21.4. The topological polar surface area (TPSA) is 19.0 Å². The number of hydrogen-bond donors (Lipinski definition) is 1. The van der Waals surface area contributed by atoms with Gasteiger partial charge in [0.25, 0.3) is 0 Å². The summed E-state index contributed by atoms with van der Waals surface area (Å²) in [5, 5.41) is 0. The molecule has 0 aliphatic carbocycles. The van der Waals surface area contributed by atoms with E-state index in [1.54, 1.807) is 0 Å². The maximum atomic E-state index is 5.19. The van der Waals surface area contributed by atoms with E-state index in [4.69, 9.17) is 12.2 Å². The van der Waals surface area contributed by atoms with Crippen LogP contribution in [-0.4, -0.2) is 23.0 Å². The van der Waals surface area contributed by atoms with Crippen LogP contribution in [0.5, 0.6) is 0 Å². The van der Waals surface area contributed by atoms with Crippen LogP contribution in [0.25, 0.3) is 0 Å². The SMILES string of the molecule is Cc1[nH]c(=S)ccc1[C@@H]1CCCCN1CC(C)C. The third-order valence-corrected chi connectivity index (χ3v) is 3.97. The number of H-pyrrole nitrogens is 1. The maximum absolute atomic E-state index is 5.19. The Morgan fingerprint density at radius 3 is 2.83 bits per heavy atom. The van der Waals surface area contributed by atoms with Crippen LogP contribution in [0.15, 0.2) is 12.1 Å². The minimum absolute atomic E-state index is 0.577. The molecule has 1 N–H and O–H groups in total. The Kier molecular flexibility index (Phi) is 4.57. The van der Waals surface area contributed by atoms with Crippen LogP contribution in [0, 0.1) is 17.5 Å². The molecular formula is C15H24N2S. The van der Waals surface area contributed by atoms with Gasteiger partial charge in [-0.1, -0.05) is 38.6 Å². The van der Waals surface area contributed by atoms with Gasteiger partial charge in [-0.25, -0.2) is 0 Å². The van der Waals surface area contributed by atoms with Crippen LogP contribution >= 0.6 is 12.2 Å². The molecule has 100 valence electrons. The fourth-order valence-corrected chi connectivity index (χ4v) is 3.20. The molecule has 1 aliphatic rings. The first-order valence-electron chi connectivity index (χ1n) is 7.02. The lowest BCUT2D eigenvalue weighted by Crippen LogP contribution is -2.36. The highest BCUT2D eigenvalue weighted by molar-refractivity contribution is 7.71. The van der Waals surface area contributed by atoms with E-state index < -0.39 is 0 Å². The molecule has 2 heterocycles. The van der Waals surface area contributed by atoms with Crippen LogP contribution in [0.3, 0.4) is 0 Å². The molecule has 1 atom stereocenters. The van der Waals surface area contributed by atoms with Gasteiger partial charge in [-0.3, -0.25) is 4.90 Å². The number of hydrogen-bond acceptors (Lipinski definition) is 2. The van der Waals surface area contributed by atoms with Crippen molar-refractivity contribution in [2.75, 3.05) is 13.1 Å². The van der Waals surface area contributed by atoms with Gasteiger partial charge in [-0.05, 0) is 43.9 Å². The molecule has 1 fully saturated rings. The predicted molar refractivity (Wildman–Crippen MR) is 79.4 cm³/mol. The lowest BCUT2D eigenvalue weighted by molar-refractivity contribution is 0.131. The van der Waals surface area contributed by atoms with Crippen molar-refractivity contribution in [3.05, 3.63) is 28.0 Å². The van der Waals surface area contributed by atoms with Crippen molar-refractivity contribution < 1.29 is 0 Å². The van der Waals surface area contributed by atoms with Crippen LogP contribution in [-0.2, 0) is 0 Å². The summed E-state index contributed by atoms with van der Waals surface area (Å²) in [5.74, 6) is 0.730. The molecule has 2 nitrogen and oxygen atoms in total. The van der Waals surface area contributed by atoms with Crippen molar-refractivity contribution in [1.29, 1.82) is 0 Å². The van der Waals surface area contributed by atoms with Gasteiger partial charge in [-0.2, -0.15) is 0 Å². The molecular weight excluding hydrogens is 240 g/mol. The first kappa shape index (κ1) is 13.8. The largest absolute Gasteiger partial charge is 0.350 e. The first-order chi connectivity index (χ1) is 8.58. The number of aryl methyl sites for hydroxylation is 1.